The molecule has 1 atom stereocenters. The van der Waals surface area contributed by atoms with Gasteiger partial charge in [0.2, 0.25) is 0 Å². The highest BCUT2D eigenvalue weighted by Gasteiger charge is 2.18. The van der Waals surface area contributed by atoms with Crippen LogP contribution in [0.4, 0.5) is 0 Å². The monoisotopic (exact) mass is 300 g/mol. The predicted molar refractivity (Wildman–Crippen MR) is 80.2 cm³/mol. The molecule has 4 nitrogen and oxygen atoms in total. The standard InChI is InChI=1S/C13H17ClN4.ClH/c1-10-6-15-4-5-17(10)8-12-9-18-7-11(14)2-3-13(18)16-12;/h2-3,7,9-10,15H,4-6,8H2,1H3;1H. The number of halogens is 2. The fourth-order valence-electron chi connectivity index (χ4n) is 2.42. The first-order valence-corrected chi connectivity index (χ1v) is 6.68. The van der Waals surface area contributed by atoms with Crippen LogP contribution in [0.3, 0.4) is 0 Å². The zero-order valence-corrected chi connectivity index (χ0v) is 12.4. The molecule has 104 valence electrons. The highest BCUT2D eigenvalue weighted by atomic mass is 35.5. The summed E-state index contributed by atoms with van der Waals surface area (Å²) in [5.41, 5.74) is 2.06. The van der Waals surface area contributed by atoms with Crippen LogP contribution >= 0.6 is 24.0 Å². The molecule has 0 amide bonds. The second-order valence-electron chi connectivity index (χ2n) is 4.87. The normalized spacial score (nSPS) is 20.4. The van der Waals surface area contributed by atoms with Crippen molar-refractivity contribution in [1.29, 1.82) is 0 Å². The van der Waals surface area contributed by atoms with Crippen LogP contribution in [0.1, 0.15) is 12.6 Å². The first-order chi connectivity index (χ1) is 8.72. The Labute approximate surface area is 124 Å². The van der Waals surface area contributed by atoms with E-state index in [-0.39, 0.29) is 12.4 Å². The summed E-state index contributed by atoms with van der Waals surface area (Å²) in [6.45, 7) is 6.35. The molecule has 2 aromatic heterocycles. The van der Waals surface area contributed by atoms with E-state index in [2.05, 4.69) is 28.3 Å². The van der Waals surface area contributed by atoms with E-state index in [1.54, 1.807) is 0 Å². The third kappa shape index (κ3) is 3.20. The van der Waals surface area contributed by atoms with E-state index in [0.717, 1.165) is 42.5 Å². The molecule has 1 unspecified atom stereocenters. The number of imidazole rings is 1. The van der Waals surface area contributed by atoms with Gasteiger partial charge in [0.25, 0.3) is 0 Å². The van der Waals surface area contributed by atoms with Crippen LogP contribution < -0.4 is 5.32 Å². The van der Waals surface area contributed by atoms with E-state index in [1.807, 2.05) is 22.7 Å². The molecule has 0 radical (unpaired) electrons. The van der Waals surface area contributed by atoms with Crippen molar-refractivity contribution in [2.45, 2.75) is 19.5 Å². The minimum absolute atomic E-state index is 0. The minimum atomic E-state index is 0. The van der Waals surface area contributed by atoms with Gasteiger partial charge in [-0.15, -0.1) is 12.4 Å². The maximum atomic E-state index is 5.98. The second kappa shape index (κ2) is 6.09. The van der Waals surface area contributed by atoms with Gasteiger partial charge in [0, 0.05) is 44.6 Å². The van der Waals surface area contributed by atoms with Crippen molar-refractivity contribution in [1.82, 2.24) is 19.6 Å². The third-order valence-electron chi connectivity index (χ3n) is 3.47. The molecule has 1 saturated heterocycles. The number of aromatic nitrogens is 2. The van der Waals surface area contributed by atoms with Gasteiger partial charge in [0.1, 0.15) is 5.65 Å². The Kier molecular flexibility index (Phi) is 4.68. The van der Waals surface area contributed by atoms with Gasteiger partial charge in [-0.25, -0.2) is 4.98 Å². The van der Waals surface area contributed by atoms with Gasteiger partial charge < -0.3 is 9.72 Å². The molecule has 2 aromatic rings. The van der Waals surface area contributed by atoms with Gasteiger partial charge >= 0.3 is 0 Å². The molecule has 1 N–H and O–H groups in total. The van der Waals surface area contributed by atoms with Gasteiger partial charge in [-0.05, 0) is 19.1 Å². The van der Waals surface area contributed by atoms with Crippen molar-refractivity contribution < 1.29 is 0 Å². The van der Waals surface area contributed by atoms with Crippen LogP contribution in [0.15, 0.2) is 24.5 Å². The number of hydrogen-bond acceptors (Lipinski definition) is 3. The fraction of sp³-hybridized carbons (Fsp3) is 0.462. The number of rotatable bonds is 2. The van der Waals surface area contributed by atoms with Gasteiger partial charge in [-0.2, -0.15) is 0 Å². The molecule has 6 heteroatoms. The summed E-state index contributed by atoms with van der Waals surface area (Å²) in [7, 11) is 0. The van der Waals surface area contributed by atoms with Gasteiger partial charge in [-0.1, -0.05) is 11.6 Å². The van der Waals surface area contributed by atoms with Crippen molar-refractivity contribution in [2.75, 3.05) is 19.6 Å². The molecule has 1 fully saturated rings. The quantitative estimate of drug-likeness (QED) is 0.923. The Morgan fingerprint density at radius 3 is 3.05 bits per heavy atom. The highest BCUT2D eigenvalue weighted by molar-refractivity contribution is 6.30. The Morgan fingerprint density at radius 2 is 2.26 bits per heavy atom. The molecule has 0 bridgehead atoms. The van der Waals surface area contributed by atoms with Crippen LogP contribution in [-0.4, -0.2) is 40.0 Å². The van der Waals surface area contributed by atoms with E-state index >= 15 is 0 Å². The summed E-state index contributed by atoms with van der Waals surface area (Å²) in [5, 5.41) is 4.14. The Balaban J connectivity index is 0.00000133. The molecule has 1 aliphatic heterocycles. The Hall–Kier alpha value is -0.810. The third-order valence-corrected chi connectivity index (χ3v) is 3.69. The van der Waals surface area contributed by atoms with Crippen molar-refractivity contribution in [3.8, 4) is 0 Å². The zero-order valence-electron chi connectivity index (χ0n) is 10.8. The summed E-state index contributed by atoms with van der Waals surface area (Å²) in [6.07, 6.45) is 3.96. The van der Waals surface area contributed by atoms with E-state index in [9.17, 15) is 0 Å². The van der Waals surface area contributed by atoms with Gasteiger partial charge in [-0.3, -0.25) is 4.90 Å². The Morgan fingerprint density at radius 1 is 1.42 bits per heavy atom. The number of pyridine rings is 1. The maximum absolute atomic E-state index is 5.98. The van der Waals surface area contributed by atoms with Crippen molar-refractivity contribution >= 4 is 29.7 Å². The summed E-state index contributed by atoms with van der Waals surface area (Å²) in [5.74, 6) is 0. The summed E-state index contributed by atoms with van der Waals surface area (Å²) in [4.78, 5) is 7.08. The number of nitrogens with zero attached hydrogens (tertiary/aromatic N) is 3. The molecule has 1 aliphatic rings. The lowest BCUT2D eigenvalue weighted by Gasteiger charge is -2.33. The number of hydrogen-bond donors (Lipinski definition) is 1. The average molecular weight is 301 g/mol. The first-order valence-electron chi connectivity index (χ1n) is 6.30. The van der Waals surface area contributed by atoms with Crippen molar-refractivity contribution in [3.63, 3.8) is 0 Å². The first kappa shape index (κ1) is 14.6. The molecule has 0 aromatic carbocycles. The smallest absolute Gasteiger partial charge is 0.137 e. The van der Waals surface area contributed by atoms with Gasteiger partial charge in [0.15, 0.2) is 0 Å². The molecule has 0 spiro atoms. The summed E-state index contributed by atoms with van der Waals surface area (Å²) >= 11 is 5.98. The topological polar surface area (TPSA) is 32.6 Å². The maximum Gasteiger partial charge on any atom is 0.137 e. The Bertz CT molecular complexity index is 555. The largest absolute Gasteiger partial charge is 0.314 e. The summed E-state index contributed by atoms with van der Waals surface area (Å²) in [6, 6.07) is 4.39. The van der Waals surface area contributed by atoms with E-state index in [0.29, 0.717) is 6.04 Å². The SMILES string of the molecule is CC1CNCCN1Cc1cn2cc(Cl)ccc2n1.Cl. The highest BCUT2D eigenvalue weighted by Crippen LogP contribution is 2.14. The molecular formula is C13H18Cl2N4. The predicted octanol–water partition coefficient (Wildman–Crippen LogP) is 2.20. The fourth-order valence-corrected chi connectivity index (χ4v) is 2.59. The molecule has 19 heavy (non-hydrogen) atoms. The van der Waals surface area contributed by atoms with E-state index in [4.69, 9.17) is 11.6 Å². The summed E-state index contributed by atoms with van der Waals surface area (Å²) < 4.78 is 1.99. The zero-order chi connectivity index (χ0) is 12.5. The van der Waals surface area contributed by atoms with Crippen LogP contribution in [0, 0.1) is 0 Å². The van der Waals surface area contributed by atoms with Crippen molar-refractivity contribution in [3.05, 3.63) is 35.2 Å². The van der Waals surface area contributed by atoms with Crippen LogP contribution in [0.5, 0.6) is 0 Å². The van der Waals surface area contributed by atoms with Crippen LogP contribution in [0.25, 0.3) is 5.65 Å². The minimum Gasteiger partial charge on any atom is -0.314 e. The van der Waals surface area contributed by atoms with Crippen molar-refractivity contribution in [2.24, 2.45) is 0 Å². The van der Waals surface area contributed by atoms with E-state index < -0.39 is 0 Å². The number of nitrogens with one attached hydrogen (secondary N) is 1. The molecule has 0 saturated carbocycles. The lowest BCUT2D eigenvalue weighted by atomic mass is 10.2. The lowest BCUT2D eigenvalue weighted by Crippen LogP contribution is -2.49. The number of fused-ring (bicyclic) bond motifs is 1. The lowest BCUT2D eigenvalue weighted by molar-refractivity contribution is 0.164. The average Bonchev–Trinajstić information content (AvgIpc) is 2.73. The molecule has 3 rings (SSSR count). The van der Waals surface area contributed by atoms with E-state index in [1.165, 1.54) is 0 Å². The van der Waals surface area contributed by atoms with Crippen LogP contribution in [-0.2, 0) is 6.54 Å². The van der Waals surface area contributed by atoms with Crippen LogP contribution in [0.2, 0.25) is 5.02 Å². The molecule has 0 aliphatic carbocycles. The number of piperazine rings is 1. The molecule has 3 heterocycles. The molecular weight excluding hydrogens is 283 g/mol. The second-order valence-corrected chi connectivity index (χ2v) is 5.31. The van der Waals surface area contributed by atoms with Gasteiger partial charge in [0.05, 0.1) is 10.7 Å².